The Morgan fingerprint density at radius 1 is 0.867 bits per heavy atom. The first-order valence-corrected chi connectivity index (χ1v) is 10.2. The predicted octanol–water partition coefficient (Wildman–Crippen LogP) is 4.28. The second-order valence-corrected chi connectivity index (χ2v) is 7.58. The van der Waals surface area contributed by atoms with Gasteiger partial charge in [0, 0.05) is 30.4 Å². The average molecular weight is 399 g/mol. The van der Waals surface area contributed by atoms with E-state index in [0.29, 0.717) is 18.7 Å². The van der Waals surface area contributed by atoms with Crippen LogP contribution >= 0.6 is 0 Å². The number of hydrogen-bond donors (Lipinski definition) is 2. The molecule has 0 fully saturated rings. The third kappa shape index (κ3) is 4.35. The molecule has 5 nitrogen and oxygen atoms in total. The zero-order valence-electron chi connectivity index (χ0n) is 17.0. The van der Waals surface area contributed by atoms with Crippen molar-refractivity contribution in [1.29, 1.82) is 0 Å². The van der Waals surface area contributed by atoms with E-state index >= 15 is 0 Å². The van der Waals surface area contributed by atoms with Gasteiger partial charge in [0.2, 0.25) is 0 Å². The number of carbonyl (C=O) groups excluding carboxylic acids is 2. The number of nitrogens with one attached hydrogen (secondary N) is 2. The summed E-state index contributed by atoms with van der Waals surface area (Å²) in [6, 6.07) is 25.1. The van der Waals surface area contributed by atoms with Crippen LogP contribution in [0.3, 0.4) is 0 Å². The quantitative estimate of drug-likeness (QED) is 0.673. The number of rotatable bonds is 5. The minimum Gasteiger partial charge on any atom is -0.334 e. The Hall–Kier alpha value is -3.60. The lowest BCUT2D eigenvalue weighted by molar-refractivity contribution is 0.0981. The third-order valence-corrected chi connectivity index (χ3v) is 5.35. The lowest BCUT2D eigenvalue weighted by atomic mass is 10.1. The minimum absolute atomic E-state index is 0.00700. The summed E-state index contributed by atoms with van der Waals surface area (Å²) in [4.78, 5) is 27.1. The third-order valence-electron chi connectivity index (χ3n) is 5.35. The SMILES string of the molecule is C[C@@H]1Cc2ccc(CNC(=O)NCc3ccccc3)cc2N1C(=O)c1ccccc1. The van der Waals surface area contributed by atoms with Gasteiger partial charge in [0.15, 0.2) is 0 Å². The van der Waals surface area contributed by atoms with Crippen LogP contribution in [-0.2, 0) is 19.5 Å². The van der Waals surface area contributed by atoms with Gasteiger partial charge in [0.05, 0.1) is 0 Å². The van der Waals surface area contributed by atoms with E-state index in [9.17, 15) is 9.59 Å². The summed E-state index contributed by atoms with van der Waals surface area (Å²) in [5.41, 5.74) is 4.78. The normalized spacial score (nSPS) is 14.8. The van der Waals surface area contributed by atoms with E-state index in [1.165, 1.54) is 0 Å². The Balaban J connectivity index is 1.41. The van der Waals surface area contributed by atoms with Crippen LogP contribution in [0.4, 0.5) is 10.5 Å². The molecule has 0 spiro atoms. The molecule has 5 heteroatoms. The second kappa shape index (κ2) is 8.82. The van der Waals surface area contributed by atoms with Crippen molar-refractivity contribution in [2.45, 2.75) is 32.5 Å². The Morgan fingerprint density at radius 2 is 1.50 bits per heavy atom. The molecule has 0 aromatic heterocycles. The molecule has 0 saturated heterocycles. The first-order chi connectivity index (χ1) is 14.6. The van der Waals surface area contributed by atoms with Crippen LogP contribution in [0.2, 0.25) is 0 Å². The molecule has 0 unspecified atom stereocenters. The highest BCUT2D eigenvalue weighted by atomic mass is 16.2. The Labute approximate surface area is 176 Å². The van der Waals surface area contributed by atoms with Crippen LogP contribution in [0.5, 0.6) is 0 Å². The van der Waals surface area contributed by atoms with Crippen LogP contribution in [0.1, 0.15) is 34.0 Å². The molecule has 0 aliphatic carbocycles. The minimum atomic E-state index is -0.218. The zero-order valence-corrected chi connectivity index (χ0v) is 17.0. The van der Waals surface area contributed by atoms with E-state index in [1.54, 1.807) is 0 Å². The van der Waals surface area contributed by atoms with Crippen molar-refractivity contribution >= 4 is 17.6 Å². The highest BCUT2D eigenvalue weighted by molar-refractivity contribution is 6.07. The molecule has 2 N–H and O–H groups in total. The van der Waals surface area contributed by atoms with Gasteiger partial charge in [-0.05, 0) is 48.2 Å². The fourth-order valence-electron chi connectivity index (χ4n) is 3.82. The summed E-state index contributed by atoms with van der Waals surface area (Å²) in [6.45, 7) is 2.94. The molecular weight excluding hydrogens is 374 g/mol. The first kappa shape index (κ1) is 19.7. The van der Waals surface area contributed by atoms with E-state index in [4.69, 9.17) is 0 Å². The largest absolute Gasteiger partial charge is 0.334 e. The van der Waals surface area contributed by atoms with Gasteiger partial charge in [-0.25, -0.2) is 4.79 Å². The molecule has 0 radical (unpaired) electrons. The Bertz CT molecular complexity index is 1030. The van der Waals surface area contributed by atoms with Crippen LogP contribution in [0.25, 0.3) is 0 Å². The monoisotopic (exact) mass is 399 g/mol. The van der Waals surface area contributed by atoms with Crippen LogP contribution in [0.15, 0.2) is 78.9 Å². The van der Waals surface area contributed by atoms with Crippen molar-refractivity contribution in [3.63, 3.8) is 0 Å². The van der Waals surface area contributed by atoms with Gasteiger partial charge in [0.1, 0.15) is 0 Å². The van der Waals surface area contributed by atoms with Gasteiger partial charge in [-0.15, -0.1) is 0 Å². The van der Waals surface area contributed by atoms with Crippen LogP contribution < -0.4 is 15.5 Å². The summed E-state index contributed by atoms with van der Waals surface area (Å²) in [5, 5.41) is 5.76. The number of fused-ring (bicyclic) bond motifs is 1. The standard InChI is InChI=1S/C25H25N3O2/c1-18-14-22-13-12-20(17-27-25(30)26-16-19-8-4-2-5-9-19)15-23(22)28(18)24(29)21-10-6-3-7-11-21/h2-13,15,18H,14,16-17H2,1H3,(H2,26,27,30)/t18-/m1/s1. The molecule has 3 aromatic rings. The lowest BCUT2D eigenvalue weighted by Gasteiger charge is -2.23. The topological polar surface area (TPSA) is 61.4 Å². The molecule has 0 saturated carbocycles. The summed E-state index contributed by atoms with van der Waals surface area (Å²) >= 11 is 0. The molecule has 152 valence electrons. The lowest BCUT2D eigenvalue weighted by Crippen LogP contribution is -2.36. The van der Waals surface area contributed by atoms with Gasteiger partial charge in [0.25, 0.3) is 5.91 Å². The van der Waals surface area contributed by atoms with Crippen molar-refractivity contribution in [1.82, 2.24) is 10.6 Å². The van der Waals surface area contributed by atoms with E-state index in [0.717, 1.165) is 28.8 Å². The molecule has 1 aliphatic heterocycles. The molecule has 3 amide bonds. The zero-order chi connectivity index (χ0) is 20.9. The number of carbonyl (C=O) groups is 2. The maximum atomic E-state index is 13.1. The molecular formula is C25H25N3O2. The molecule has 0 bridgehead atoms. The van der Waals surface area contributed by atoms with E-state index in [-0.39, 0.29) is 18.0 Å². The Morgan fingerprint density at radius 3 is 2.20 bits per heavy atom. The molecule has 4 rings (SSSR count). The van der Waals surface area contributed by atoms with Crippen molar-refractivity contribution in [3.05, 3.63) is 101 Å². The molecule has 1 heterocycles. The number of urea groups is 1. The number of anilines is 1. The van der Waals surface area contributed by atoms with E-state index in [2.05, 4.69) is 23.6 Å². The van der Waals surface area contributed by atoms with Crippen molar-refractivity contribution in [2.75, 3.05) is 4.90 Å². The van der Waals surface area contributed by atoms with Crippen LogP contribution in [-0.4, -0.2) is 18.0 Å². The van der Waals surface area contributed by atoms with Crippen molar-refractivity contribution < 1.29 is 9.59 Å². The van der Waals surface area contributed by atoms with Gasteiger partial charge < -0.3 is 15.5 Å². The van der Waals surface area contributed by atoms with E-state index in [1.807, 2.05) is 77.7 Å². The van der Waals surface area contributed by atoms with Gasteiger partial charge in [-0.2, -0.15) is 0 Å². The highest BCUT2D eigenvalue weighted by Gasteiger charge is 2.31. The first-order valence-electron chi connectivity index (χ1n) is 10.2. The predicted molar refractivity (Wildman–Crippen MR) is 118 cm³/mol. The Kier molecular flexibility index (Phi) is 5.80. The van der Waals surface area contributed by atoms with Crippen molar-refractivity contribution in [3.8, 4) is 0 Å². The molecule has 3 aromatic carbocycles. The van der Waals surface area contributed by atoms with Gasteiger partial charge in [-0.1, -0.05) is 60.7 Å². The average Bonchev–Trinajstić information content (AvgIpc) is 3.12. The molecule has 30 heavy (non-hydrogen) atoms. The summed E-state index contributed by atoms with van der Waals surface area (Å²) in [5.74, 6) is 0.00700. The van der Waals surface area contributed by atoms with Gasteiger partial charge in [-0.3, -0.25) is 4.79 Å². The summed E-state index contributed by atoms with van der Waals surface area (Å²) in [7, 11) is 0. The number of benzene rings is 3. The number of nitrogens with zero attached hydrogens (tertiary/aromatic N) is 1. The summed E-state index contributed by atoms with van der Waals surface area (Å²) < 4.78 is 0. The summed E-state index contributed by atoms with van der Waals surface area (Å²) in [6.07, 6.45) is 0.833. The highest BCUT2D eigenvalue weighted by Crippen LogP contribution is 2.34. The van der Waals surface area contributed by atoms with Gasteiger partial charge >= 0.3 is 6.03 Å². The molecule has 1 aliphatic rings. The number of amides is 3. The smallest absolute Gasteiger partial charge is 0.315 e. The maximum absolute atomic E-state index is 13.1. The maximum Gasteiger partial charge on any atom is 0.315 e. The van der Waals surface area contributed by atoms with Crippen LogP contribution in [0, 0.1) is 0 Å². The fourth-order valence-corrected chi connectivity index (χ4v) is 3.82. The van der Waals surface area contributed by atoms with E-state index < -0.39 is 0 Å². The second-order valence-electron chi connectivity index (χ2n) is 7.58. The van der Waals surface area contributed by atoms with Crippen molar-refractivity contribution in [2.24, 2.45) is 0 Å². The fraction of sp³-hybridized carbons (Fsp3) is 0.200. The molecule has 1 atom stereocenters. The number of hydrogen-bond acceptors (Lipinski definition) is 2.